The van der Waals surface area contributed by atoms with Crippen LogP contribution in [0.1, 0.15) is 28.9 Å². The van der Waals surface area contributed by atoms with Gasteiger partial charge >= 0.3 is 0 Å². The molecule has 2 fully saturated rings. The average Bonchev–Trinajstić information content (AvgIpc) is 3.16. The molecule has 9 nitrogen and oxygen atoms in total. The van der Waals surface area contributed by atoms with Gasteiger partial charge in [0.15, 0.2) is 0 Å². The molecule has 0 aliphatic carbocycles. The third kappa shape index (κ3) is 3.71. The molecule has 0 saturated carbocycles. The summed E-state index contributed by atoms with van der Waals surface area (Å²) in [6.45, 7) is 4.97. The lowest BCUT2D eigenvalue weighted by molar-refractivity contribution is -0.0250. The number of fused-ring (bicyclic) bond motifs is 1. The van der Waals surface area contributed by atoms with Crippen LogP contribution in [-0.4, -0.2) is 61.5 Å². The minimum Gasteiger partial charge on any atom is -0.341 e. The summed E-state index contributed by atoms with van der Waals surface area (Å²) in [4.78, 5) is 29.1. The number of hydroxylamine groups is 1. The largest absolute Gasteiger partial charge is 0.341 e. The van der Waals surface area contributed by atoms with E-state index in [1.807, 2.05) is 24.4 Å². The third-order valence-corrected chi connectivity index (χ3v) is 6.11. The van der Waals surface area contributed by atoms with Gasteiger partial charge in [0, 0.05) is 51.3 Å². The highest BCUT2D eigenvalue weighted by atomic mass is 35.5. The first-order valence-corrected chi connectivity index (χ1v) is 9.81. The van der Waals surface area contributed by atoms with Crippen molar-refractivity contribution < 1.29 is 10.0 Å². The Kier molecular flexibility index (Phi) is 5.59. The summed E-state index contributed by atoms with van der Waals surface area (Å²) in [5.41, 5.74) is 4.44. The highest BCUT2D eigenvalue weighted by molar-refractivity contribution is 5.92. The highest BCUT2D eigenvalue weighted by Crippen LogP contribution is 2.41. The standard InChI is InChI=1S/C20H23N7O2.ClH/c28-18(24-29)15-9-22-19(23-10-15)26-7-4-20(5-8-26)13-25(14-20)12-16-11-21-17-3-1-2-6-27(16)17;/h1-3,6,9-11,29H,4-5,7-8,12-14H2,(H,24,28);1H. The molecular formula is C20H24ClN7O2. The number of hydrogen-bond donors (Lipinski definition) is 2. The van der Waals surface area contributed by atoms with Crippen molar-refractivity contribution in [2.75, 3.05) is 31.1 Å². The van der Waals surface area contributed by atoms with Crippen LogP contribution in [0.2, 0.25) is 0 Å². The SMILES string of the molecule is Cl.O=C(NO)c1cnc(N2CCC3(CC2)CN(Cc2cnc4ccccn24)C3)nc1. The molecule has 2 N–H and O–H groups in total. The van der Waals surface area contributed by atoms with E-state index in [1.54, 1.807) is 5.48 Å². The van der Waals surface area contributed by atoms with Gasteiger partial charge in [-0.1, -0.05) is 6.07 Å². The van der Waals surface area contributed by atoms with Gasteiger partial charge in [0.1, 0.15) is 5.65 Å². The molecule has 0 unspecified atom stereocenters. The van der Waals surface area contributed by atoms with Crippen LogP contribution < -0.4 is 10.4 Å². The Morgan fingerprint density at radius 1 is 1.10 bits per heavy atom. The van der Waals surface area contributed by atoms with E-state index in [9.17, 15) is 4.79 Å². The number of carbonyl (C=O) groups is 1. The van der Waals surface area contributed by atoms with E-state index in [4.69, 9.17) is 5.21 Å². The minimum absolute atomic E-state index is 0. The zero-order valence-corrected chi connectivity index (χ0v) is 17.3. The van der Waals surface area contributed by atoms with Gasteiger partial charge in [0.05, 0.1) is 17.5 Å². The van der Waals surface area contributed by atoms with Crippen molar-refractivity contribution in [3.63, 3.8) is 0 Å². The van der Waals surface area contributed by atoms with Gasteiger partial charge in [0.2, 0.25) is 5.95 Å². The number of aromatic nitrogens is 4. The number of carbonyl (C=O) groups excluding carboxylic acids is 1. The van der Waals surface area contributed by atoms with Gasteiger partial charge in [-0.15, -0.1) is 12.4 Å². The smallest absolute Gasteiger partial charge is 0.277 e. The van der Waals surface area contributed by atoms with E-state index in [1.165, 1.54) is 18.1 Å². The van der Waals surface area contributed by atoms with Gasteiger partial charge in [-0.2, -0.15) is 0 Å². The Balaban J connectivity index is 0.00000218. The fourth-order valence-corrected chi connectivity index (χ4v) is 4.51. The molecule has 30 heavy (non-hydrogen) atoms. The van der Waals surface area contributed by atoms with Crippen molar-refractivity contribution in [2.24, 2.45) is 5.41 Å². The maximum atomic E-state index is 11.4. The summed E-state index contributed by atoms with van der Waals surface area (Å²) in [5.74, 6) is 0.0333. The molecule has 3 aromatic heterocycles. The maximum absolute atomic E-state index is 11.4. The maximum Gasteiger partial charge on any atom is 0.277 e. The fourth-order valence-electron chi connectivity index (χ4n) is 4.51. The normalized spacial score (nSPS) is 18.1. The molecule has 1 spiro atoms. The van der Waals surface area contributed by atoms with Crippen molar-refractivity contribution in [3.05, 3.63) is 54.2 Å². The summed E-state index contributed by atoms with van der Waals surface area (Å²) in [6.07, 6.45) is 9.15. The third-order valence-electron chi connectivity index (χ3n) is 6.11. The predicted molar refractivity (Wildman–Crippen MR) is 113 cm³/mol. The Labute approximate surface area is 180 Å². The number of anilines is 1. The lowest BCUT2D eigenvalue weighted by Crippen LogP contribution is -2.60. The number of pyridine rings is 1. The summed E-state index contributed by atoms with van der Waals surface area (Å²) in [5, 5.41) is 8.68. The number of imidazole rings is 1. The van der Waals surface area contributed by atoms with Crippen LogP contribution in [0.4, 0.5) is 5.95 Å². The molecule has 0 bridgehead atoms. The molecule has 2 aliphatic heterocycles. The van der Waals surface area contributed by atoms with Gasteiger partial charge in [-0.25, -0.2) is 20.4 Å². The predicted octanol–water partition coefficient (Wildman–Crippen LogP) is 1.77. The molecular weight excluding hydrogens is 406 g/mol. The molecule has 0 radical (unpaired) electrons. The minimum atomic E-state index is -0.602. The quantitative estimate of drug-likeness (QED) is 0.481. The van der Waals surface area contributed by atoms with E-state index < -0.39 is 5.91 Å². The number of hydrogen-bond acceptors (Lipinski definition) is 7. The fraction of sp³-hybridized carbons (Fsp3) is 0.400. The highest BCUT2D eigenvalue weighted by Gasteiger charge is 2.45. The molecule has 2 saturated heterocycles. The number of piperidine rings is 1. The monoisotopic (exact) mass is 429 g/mol. The number of rotatable bonds is 4. The van der Waals surface area contributed by atoms with Crippen molar-refractivity contribution in [3.8, 4) is 0 Å². The first-order chi connectivity index (χ1) is 14.2. The van der Waals surface area contributed by atoms with Crippen LogP contribution in [0.15, 0.2) is 43.0 Å². The summed E-state index contributed by atoms with van der Waals surface area (Å²) in [7, 11) is 0. The van der Waals surface area contributed by atoms with Crippen LogP contribution >= 0.6 is 12.4 Å². The molecule has 5 heterocycles. The van der Waals surface area contributed by atoms with Crippen molar-refractivity contribution >= 4 is 29.9 Å². The molecule has 3 aromatic rings. The topological polar surface area (TPSA) is 98.9 Å². The lowest BCUT2D eigenvalue weighted by Gasteiger charge is -2.54. The second-order valence-electron chi connectivity index (χ2n) is 8.02. The zero-order valence-electron chi connectivity index (χ0n) is 16.4. The van der Waals surface area contributed by atoms with Crippen molar-refractivity contribution in [1.29, 1.82) is 0 Å². The first-order valence-electron chi connectivity index (χ1n) is 9.81. The Morgan fingerprint density at radius 2 is 1.83 bits per heavy atom. The molecule has 5 rings (SSSR count). The summed E-state index contributed by atoms with van der Waals surface area (Å²) in [6, 6.07) is 6.08. The van der Waals surface area contributed by atoms with Gasteiger partial charge in [0.25, 0.3) is 5.91 Å². The van der Waals surface area contributed by atoms with Crippen molar-refractivity contribution in [1.82, 2.24) is 29.7 Å². The van der Waals surface area contributed by atoms with Crippen LogP contribution in [-0.2, 0) is 6.54 Å². The Bertz CT molecular complexity index is 1020. The van der Waals surface area contributed by atoms with Crippen LogP contribution in [0.3, 0.4) is 0 Å². The summed E-state index contributed by atoms with van der Waals surface area (Å²) >= 11 is 0. The van der Waals surface area contributed by atoms with Crippen LogP contribution in [0, 0.1) is 5.41 Å². The number of nitrogens with zero attached hydrogens (tertiary/aromatic N) is 6. The lowest BCUT2D eigenvalue weighted by atomic mass is 9.72. The van der Waals surface area contributed by atoms with Crippen LogP contribution in [0.5, 0.6) is 0 Å². The molecule has 10 heteroatoms. The van der Waals surface area contributed by atoms with Gasteiger partial charge in [-0.05, 0) is 30.4 Å². The number of amides is 1. The Hall–Kier alpha value is -2.75. The number of halogens is 1. The zero-order chi connectivity index (χ0) is 19.8. The summed E-state index contributed by atoms with van der Waals surface area (Å²) < 4.78 is 2.16. The van der Waals surface area contributed by atoms with Gasteiger partial charge in [-0.3, -0.25) is 14.9 Å². The van der Waals surface area contributed by atoms with E-state index in [0.717, 1.165) is 51.2 Å². The number of nitrogens with one attached hydrogen (secondary N) is 1. The van der Waals surface area contributed by atoms with E-state index in [0.29, 0.717) is 11.4 Å². The average molecular weight is 430 g/mol. The van der Waals surface area contributed by atoms with E-state index >= 15 is 0 Å². The molecule has 0 atom stereocenters. The molecule has 1 amide bonds. The molecule has 2 aliphatic rings. The Morgan fingerprint density at radius 3 is 2.53 bits per heavy atom. The second kappa shape index (κ2) is 8.17. The number of likely N-dealkylation sites (tertiary alicyclic amines) is 1. The van der Waals surface area contributed by atoms with Crippen molar-refractivity contribution in [2.45, 2.75) is 19.4 Å². The van der Waals surface area contributed by atoms with Gasteiger partial charge < -0.3 is 9.30 Å². The second-order valence-corrected chi connectivity index (χ2v) is 8.02. The van der Waals surface area contributed by atoms with E-state index in [2.05, 4.69) is 35.3 Å². The molecule has 0 aromatic carbocycles. The molecule has 158 valence electrons. The first kappa shape index (κ1) is 20.5. The van der Waals surface area contributed by atoms with Crippen LogP contribution in [0.25, 0.3) is 5.65 Å². The van der Waals surface area contributed by atoms with E-state index in [-0.39, 0.29) is 18.0 Å².